The number of aromatic nitrogens is 2. The van der Waals surface area contributed by atoms with E-state index in [2.05, 4.69) is 15.5 Å². The smallest absolute Gasteiger partial charge is 0.152 e. The fourth-order valence-corrected chi connectivity index (χ4v) is 2.75. The van der Waals surface area contributed by atoms with Crippen LogP contribution in [-0.4, -0.2) is 31.0 Å². The first-order chi connectivity index (χ1) is 12.2. The van der Waals surface area contributed by atoms with Crippen LogP contribution in [0.2, 0.25) is 0 Å². The molecule has 0 aliphatic heterocycles. The molecule has 2 N–H and O–H groups in total. The number of H-pyrrole nitrogens is 1. The van der Waals surface area contributed by atoms with Crippen molar-refractivity contribution in [2.45, 2.75) is 19.9 Å². The van der Waals surface area contributed by atoms with E-state index in [1.165, 1.54) is 0 Å². The van der Waals surface area contributed by atoms with E-state index in [1.807, 2.05) is 43.5 Å². The molecule has 0 atom stereocenters. The van der Waals surface area contributed by atoms with E-state index in [0.29, 0.717) is 6.54 Å². The van der Waals surface area contributed by atoms with Gasteiger partial charge in [0, 0.05) is 12.1 Å². The van der Waals surface area contributed by atoms with Crippen LogP contribution in [-0.2, 0) is 13.0 Å². The van der Waals surface area contributed by atoms with E-state index in [4.69, 9.17) is 13.9 Å². The van der Waals surface area contributed by atoms with Crippen LogP contribution >= 0.6 is 0 Å². The molecule has 0 spiro atoms. The highest BCUT2D eigenvalue weighted by Gasteiger charge is 2.11. The summed E-state index contributed by atoms with van der Waals surface area (Å²) in [5.74, 6) is 3.40. The Balaban J connectivity index is 1.59. The summed E-state index contributed by atoms with van der Waals surface area (Å²) >= 11 is 0. The first kappa shape index (κ1) is 17.1. The number of aromatic amines is 1. The predicted molar refractivity (Wildman–Crippen MR) is 96.0 cm³/mol. The first-order valence-corrected chi connectivity index (χ1v) is 8.22. The number of nitrogens with zero attached hydrogens (tertiary/aromatic N) is 1. The number of benzene rings is 1. The highest BCUT2D eigenvalue weighted by molar-refractivity contribution is 5.56. The maximum absolute atomic E-state index is 5.67. The summed E-state index contributed by atoms with van der Waals surface area (Å²) in [6, 6.07) is 9.74. The lowest BCUT2D eigenvalue weighted by Crippen LogP contribution is -2.17. The van der Waals surface area contributed by atoms with E-state index in [0.717, 1.165) is 52.8 Å². The molecule has 6 heteroatoms. The zero-order valence-corrected chi connectivity index (χ0v) is 14.8. The standard InChI is InChI=1S/C19H23N3O3/c1-13-4-6-18(25-13)19-15(12-21-22-19)11-20-9-8-14-10-16(23-2)5-7-17(14)24-3/h4-7,10,12,20H,8-9,11H2,1-3H3,(H,21,22). The molecule has 0 aliphatic rings. The molecule has 0 amide bonds. The van der Waals surface area contributed by atoms with Gasteiger partial charge in [0.15, 0.2) is 5.76 Å². The van der Waals surface area contributed by atoms with Crippen LogP contribution in [0.5, 0.6) is 11.5 Å². The van der Waals surface area contributed by atoms with Gasteiger partial charge in [-0.15, -0.1) is 0 Å². The number of furan rings is 1. The summed E-state index contributed by atoms with van der Waals surface area (Å²) < 4.78 is 16.4. The Kier molecular flexibility index (Phi) is 5.40. The third-order valence-electron chi connectivity index (χ3n) is 4.08. The molecule has 25 heavy (non-hydrogen) atoms. The molecular formula is C19H23N3O3. The second kappa shape index (κ2) is 7.90. The Morgan fingerprint density at radius 3 is 2.72 bits per heavy atom. The van der Waals surface area contributed by atoms with E-state index < -0.39 is 0 Å². The molecule has 2 aromatic heterocycles. The normalized spacial score (nSPS) is 10.8. The zero-order valence-electron chi connectivity index (χ0n) is 14.8. The van der Waals surface area contributed by atoms with Gasteiger partial charge < -0.3 is 19.2 Å². The quantitative estimate of drug-likeness (QED) is 0.615. The summed E-state index contributed by atoms with van der Waals surface area (Å²) in [6.45, 7) is 3.45. The summed E-state index contributed by atoms with van der Waals surface area (Å²) in [5.41, 5.74) is 3.11. The molecular weight excluding hydrogens is 318 g/mol. The van der Waals surface area contributed by atoms with E-state index in [1.54, 1.807) is 14.2 Å². The Hall–Kier alpha value is -2.73. The molecule has 132 valence electrons. The average molecular weight is 341 g/mol. The second-order valence-corrected chi connectivity index (χ2v) is 5.79. The van der Waals surface area contributed by atoms with Gasteiger partial charge >= 0.3 is 0 Å². The molecule has 0 saturated heterocycles. The molecule has 0 bridgehead atoms. The molecule has 6 nitrogen and oxygen atoms in total. The molecule has 2 heterocycles. The molecule has 1 aromatic carbocycles. The molecule has 0 fully saturated rings. The molecule has 3 aromatic rings. The van der Waals surface area contributed by atoms with Crippen molar-refractivity contribution >= 4 is 0 Å². The monoisotopic (exact) mass is 341 g/mol. The van der Waals surface area contributed by atoms with Gasteiger partial charge in [-0.25, -0.2) is 0 Å². The Labute approximate surface area is 147 Å². The van der Waals surface area contributed by atoms with Crippen molar-refractivity contribution in [3.63, 3.8) is 0 Å². The van der Waals surface area contributed by atoms with Crippen molar-refractivity contribution in [3.05, 3.63) is 53.4 Å². The van der Waals surface area contributed by atoms with Crippen molar-refractivity contribution in [1.82, 2.24) is 15.5 Å². The van der Waals surface area contributed by atoms with Gasteiger partial charge in [-0.2, -0.15) is 5.10 Å². The topological polar surface area (TPSA) is 72.3 Å². The van der Waals surface area contributed by atoms with Gasteiger partial charge in [0.05, 0.1) is 20.4 Å². The highest BCUT2D eigenvalue weighted by atomic mass is 16.5. The maximum atomic E-state index is 5.67. The Morgan fingerprint density at radius 1 is 1.12 bits per heavy atom. The SMILES string of the molecule is COc1ccc(OC)c(CCNCc2cn[nH]c2-c2ccc(C)o2)c1. The molecule has 0 aliphatic carbocycles. The lowest BCUT2D eigenvalue weighted by atomic mass is 10.1. The zero-order chi connectivity index (χ0) is 17.6. The summed E-state index contributed by atoms with van der Waals surface area (Å²) in [5, 5.41) is 10.6. The van der Waals surface area contributed by atoms with Gasteiger partial charge in [-0.05, 0) is 55.8 Å². The van der Waals surface area contributed by atoms with Gasteiger partial charge in [-0.1, -0.05) is 0 Å². The van der Waals surface area contributed by atoms with Crippen LogP contribution < -0.4 is 14.8 Å². The number of nitrogens with one attached hydrogen (secondary N) is 2. The maximum Gasteiger partial charge on any atom is 0.152 e. The molecule has 0 radical (unpaired) electrons. The minimum atomic E-state index is 0.706. The summed E-state index contributed by atoms with van der Waals surface area (Å²) in [4.78, 5) is 0. The summed E-state index contributed by atoms with van der Waals surface area (Å²) in [7, 11) is 3.35. The molecule has 3 rings (SSSR count). The number of rotatable bonds is 8. The Morgan fingerprint density at radius 2 is 2.00 bits per heavy atom. The molecule has 0 saturated carbocycles. The van der Waals surface area contributed by atoms with Crippen LogP contribution in [0.25, 0.3) is 11.5 Å². The predicted octanol–water partition coefficient (Wildman–Crippen LogP) is 3.33. The number of ether oxygens (including phenoxy) is 2. The lowest BCUT2D eigenvalue weighted by molar-refractivity contribution is 0.398. The van der Waals surface area contributed by atoms with Gasteiger partial charge in [0.1, 0.15) is 23.0 Å². The van der Waals surface area contributed by atoms with Crippen LogP contribution in [0.1, 0.15) is 16.9 Å². The largest absolute Gasteiger partial charge is 0.497 e. The van der Waals surface area contributed by atoms with Gasteiger partial charge in [0.25, 0.3) is 0 Å². The van der Waals surface area contributed by atoms with Crippen LogP contribution in [0.4, 0.5) is 0 Å². The van der Waals surface area contributed by atoms with Crippen molar-refractivity contribution in [3.8, 4) is 23.0 Å². The average Bonchev–Trinajstić information content (AvgIpc) is 3.27. The van der Waals surface area contributed by atoms with Crippen molar-refractivity contribution in [2.24, 2.45) is 0 Å². The summed E-state index contributed by atoms with van der Waals surface area (Å²) in [6.07, 6.45) is 2.67. The fourth-order valence-electron chi connectivity index (χ4n) is 2.75. The van der Waals surface area contributed by atoms with Crippen LogP contribution in [0, 0.1) is 6.92 Å². The van der Waals surface area contributed by atoms with Crippen LogP contribution in [0.3, 0.4) is 0 Å². The van der Waals surface area contributed by atoms with Gasteiger partial charge in [0.2, 0.25) is 0 Å². The molecule has 0 unspecified atom stereocenters. The van der Waals surface area contributed by atoms with E-state index >= 15 is 0 Å². The number of hydrogen-bond donors (Lipinski definition) is 2. The van der Waals surface area contributed by atoms with Crippen molar-refractivity contribution in [1.29, 1.82) is 0 Å². The number of aryl methyl sites for hydroxylation is 1. The minimum absolute atomic E-state index is 0.706. The number of hydrogen-bond acceptors (Lipinski definition) is 5. The number of methoxy groups -OCH3 is 2. The fraction of sp³-hybridized carbons (Fsp3) is 0.316. The second-order valence-electron chi connectivity index (χ2n) is 5.79. The van der Waals surface area contributed by atoms with Gasteiger partial charge in [-0.3, -0.25) is 5.10 Å². The van der Waals surface area contributed by atoms with E-state index in [-0.39, 0.29) is 0 Å². The lowest BCUT2D eigenvalue weighted by Gasteiger charge is -2.11. The highest BCUT2D eigenvalue weighted by Crippen LogP contribution is 2.25. The third kappa shape index (κ3) is 4.03. The van der Waals surface area contributed by atoms with E-state index in [9.17, 15) is 0 Å². The van der Waals surface area contributed by atoms with Crippen LogP contribution in [0.15, 0.2) is 40.9 Å². The third-order valence-corrected chi connectivity index (χ3v) is 4.08. The van der Waals surface area contributed by atoms with Crippen molar-refractivity contribution < 1.29 is 13.9 Å². The minimum Gasteiger partial charge on any atom is -0.497 e. The first-order valence-electron chi connectivity index (χ1n) is 8.22. The van der Waals surface area contributed by atoms with Crippen molar-refractivity contribution in [2.75, 3.05) is 20.8 Å². The Bertz CT molecular complexity index is 823.